The highest BCUT2D eigenvalue weighted by molar-refractivity contribution is 5.95. The summed E-state index contributed by atoms with van der Waals surface area (Å²) in [6.07, 6.45) is 2.39. The minimum Gasteiger partial charge on any atom is -0.480 e. The number of carboxylic acids is 1. The van der Waals surface area contributed by atoms with E-state index in [4.69, 9.17) is 5.73 Å². The molecule has 0 aliphatic rings. The summed E-state index contributed by atoms with van der Waals surface area (Å²) in [5, 5.41) is 29.7. The maximum atomic E-state index is 13.9. The van der Waals surface area contributed by atoms with E-state index in [2.05, 4.69) is 25.9 Å². The molecule has 3 aromatic carbocycles. The van der Waals surface area contributed by atoms with Crippen molar-refractivity contribution in [1.29, 1.82) is 0 Å². The van der Waals surface area contributed by atoms with Gasteiger partial charge in [0.05, 0.1) is 6.10 Å². The molecule has 0 fully saturated rings. The van der Waals surface area contributed by atoms with Gasteiger partial charge < -0.3 is 41.9 Å². The van der Waals surface area contributed by atoms with Crippen molar-refractivity contribution in [3.05, 3.63) is 108 Å². The zero-order valence-corrected chi connectivity index (χ0v) is 25.8. The van der Waals surface area contributed by atoms with E-state index in [9.17, 15) is 29.4 Å². The first-order valence-electron chi connectivity index (χ1n) is 15.3. The number of carbonyl (C=O) groups is 4. The van der Waals surface area contributed by atoms with Crippen LogP contribution in [0.5, 0.6) is 0 Å². The van der Waals surface area contributed by atoms with Gasteiger partial charge in [-0.1, -0.05) is 66.7 Å². The summed E-state index contributed by atoms with van der Waals surface area (Å²) >= 11 is 0. The quantitative estimate of drug-likeness (QED) is 0.0907. The monoisotopic (exact) mass is 638 g/mol. The minimum absolute atomic E-state index is 0.00751. The third-order valence-corrected chi connectivity index (χ3v) is 8.18. The molecular formula is C35H38N6O6. The number of hydrogen-bond donors (Lipinski definition) is 8. The Morgan fingerprint density at radius 1 is 0.660 bits per heavy atom. The first-order chi connectivity index (χ1) is 22.6. The SMILES string of the molecule is CC(O)C(N)C(=O)NC(Cc1c[nH]c2ccccc12)C(=O)NC(Cc1ccccc1)C(=O)NC(Cc1c[nH]c2ccccc12)C(=O)O. The average Bonchev–Trinajstić information content (AvgIpc) is 3.67. The number of aliphatic carboxylic acids is 1. The van der Waals surface area contributed by atoms with Gasteiger partial charge in [-0.25, -0.2) is 4.79 Å². The van der Waals surface area contributed by atoms with Crippen LogP contribution in [0, 0.1) is 0 Å². The molecule has 0 aliphatic heterocycles. The number of nitrogens with two attached hydrogens (primary N) is 1. The van der Waals surface area contributed by atoms with Crippen molar-refractivity contribution in [2.24, 2.45) is 5.73 Å². The number of rotatable bonds is 14. The van der Waals surface area contributed by atoms with Gasteiger partial charge in [0.2, 0.25) is 17.7 Å². The van der Waals surface area contributed by atoms with Gasteiger partial charge in [-0.2, -0.15) is 0 Å². The molecule has 47 heavy (non-hydrogen) atoms. The van der Waals surface area contributed by atoms with Crippen molar-refractivity contribution in [3.63, 3.8) is 0 Å². The largest absolute Gasteiger partial charge is 0.480 e. The molecule has 2 aromatic heterocycles. The van der Waals surface area contributed by atoms with Crippen LogP contribution in [0.2, 0.25) is 0 Å². The molecule has 0 aliphatic carbocycles. The summed E-state index contributed by atoms with van der Waals surface area (Å²) in [6.45, 7) is 1.37. The Morgan fingerprint density at radius 3 is 1.64 bits per heavy atom. The summed E-state index contributed by atoms with van der Waals surface area (Å²) in [5.41, 5.74) is 9.73. The molecule has 12 nitrogen and oxygen atoms in total. The molecule has 0 spiro atoms. The van der Waals surface area contributed by atoms with Gasteiger partial charge in [-0.05, 0) is 35.7 Å². The van der Waals surface area contributed by atoms with Crippen molar-refractivity contribution < 1.29 is 29.4 Å². The first-order valence-corrected chi connectivity index (χ1v) is 15.3. The predicted molar refractivity (Wildman–Crippen MR) is 177 cm³/mol. The summed E-state index contributed by atoms with van der Waals surface area (Å²) in [5.74, 6) is -3.35. The number of aliphatic hydroxyl groups excluding tert-OH is 1. The van der Waals surface area contributed by atoms with Crippen LogP contribution >= 0.6 is 0 Å². The number of aliphatic hydroxyl groups is 1. The molecule has 0 saturated heterocycles. The highest BCUT2D eigenvalue weighted by atomic mass is 16.4. The van der Waals surface area contributed by atoms with Crippen molar-refractivity contribution in [2.45, 2.75) is 56.5 Å². The number of carbonyl (C=O) groups excluding carboxylic acids is 3. The number of aromatic amines is 2. The van der Waals surface area contributed by atoms with Crippen LogP contribution in [0.4, 0.5) is 0 Å². The summed E-state index contributed by atoms with van der Waals surface area (Å²) in [4.78, 5) is 59.2. The zero-order valence-electron chi connectivity index (χ0n) is 25.8. The highest BCUT2D eigenvalue weighted by Gasteiger charge is 2.32. The van der Waals surface area contributed by atoms with Crippen molar-refractivity contribution in [3.8, 4) is 0 Å². The first kappa shape index (κ1) is 32.9. The smallest absolute Gasteiger partial charge is 0.326 e. The van der Waals surface area contributed by atoms with E-state index in [1.165, 1.54) is 6.92 Å². The molecule has 2 heterocycles. The number of para-hydroxylation sites is 2. The van der Waals surface area contributed by atoms with Crippen LogP contribution in [-0.4, -0.2) is 74.1 Å². The van der Waals surface area contributed by atoms with E-state index in [0.717, 1.165) is 32.9 Å². The van der Waals surface area contributed by atoms with Gasteiger partial charge in [0, 0.05) is 53.5 Å². The van der Waals surface area contributed by atoms with Gasteiger partial charge >= 0.3 is 5.97 Å². The minimum atomic E-state index is -1.29. The van der Waals surface area contributed by atoms with Gasteiger partial charge in [-0.3, -0.25) is 14.4 Å². The number of benzene rings is 3. The summed E-state index contributed by atoms with van der Waals surface area (Å²) in [7, 11) is 0. The van der Waals surface area contributed by atoms with Gasteiger partial charge in [0.25, 0.3) is 0 Å². The molecule has 5 rings (SSSR count). The lowest BCUT2D eigenvalue weighted by atomic mass is 10.0. The lowest BCUT2D eigenvalue weighted by Crippen LogP contribution is -2.59. The van der Waals surface area contributed by atoms with E-state index in [1.54, 1.807) is 36.7 Å². The zero-order chi connectivity index (χ0) is 33.5. The van der Waals surface area contributed by atoms with Gasteiger partial charge in [-0.15, -0.1) is 0 Å². The topological polar surface area (TPSA) is 202 Å². The van der Waals surface area contributed by atoms with E-state index in [-0.39, 0.29) is 19.3 Å². The molecule has 0 saturated carbocycles. The maximum absolute atomic E-state index is 13.9. The van der Waals surface area contributed by atoms with Gasteiger partial charge in [0.1, 0.15) is 24.2 Å². The van der Waals surface area contributed by atoms with E-state index in [0.29, 0.717) is 5.56 Å². The molecular weight excluding hydrogens is 600 g/mol. The number of H-pyrrole nitrogens is 2. The van der Waals surface area contributed by atoms with Crippen molar-refractivity contribution in [2.75, 3.05) is 0 Å². The lowest BCUT2D eigenvalue weighted by molar-refractivity contribution is -0.142. The van der Waals surface area contributed by atoms with Crippen molar-refractivity contribution >= 4 is 45.5 Å². The molecule has 3 amide bonds. The third-order valence-electron chi connectivity index (χ3n) is 8.18. The highest BCUT2D eigenvalue weighted by Crippen LogP contribution is 2.21. The Balaban J connectivity index is 1.40. The predicted octanol–water partition coefficient (Wildman–Crippen LogP) is 1.92. The number of aromatic nitrogens is 2. The van der Waals surface area contributed by atoms with E-state index in [1.807, 2.05) is 54.6 Å². The third kappa shape index (κ3) is 8.04. The molecule has 9 N–H and O–H groups in total. The fourth-order valence-electron chi connectivity index (χ4n) is 5.54. The van der Waals surface area contributed by atoms with Crippen LogP contribution in [0.3, 0.4) is 0 Å². The second kappa shape index (κ2) is 14.8. The fraction of sp³-hybridized carbons (Fsp3) is 0.257. The van der Waals surface area contributed by atoms with Crippen LogP contribution in [0.15, 0.2) is 91.3 Å². The Hall–Kier alpha value is -5.46. The maximum Gasteiger partial charge on any atom is 0.326 e. The van der Waals surface area contributed by atoms with E-state index < -0.39 is 54.0 Å². The van der Waals surface area contributed by atoms with Crippen LogP contribution in [0.25, 0.3) is 21.8 Å². The molecule has 244 valence electrons. The standard InChI is InChI=1S/C35H38N6O6/c1-20(42)31(36)34(45)40-29(16-22-18-37-26-13-7-5-11-24(22)26)33(44)39-28(15-21-9-3-2-4-10-21)32(43)41-30(35(46)47)17-23-19-38-27-14-8-6-12-25(23)27/h2-14,18-20,28-31,37-38,42H,15-17,36H2,1H3,(H,39,44)(H,40,45)(H,41,43)(H,46,47). The lowest BCUT2D eigenvalue weighted by Gasteiger charge is -2.26. The molecule has 5 aromatic rings. The number of fused-ring (bicyclic) bond motifs is 2. The Bertz CT molecular complexity index is 1870. The normalized spacial score (nSPS) is 14.5. The molecule has 5 atom stereocenters. The van der Waals surface area contributed by atoms with Gasteiger partial charge in [0.15, 0.2) is 0 Å². The second-order valence-corrected chi connectivity index (χ2v) is 11.6. The van der Waals surface area contributed by atoms with Crippen LogP contribution in [0.1, 0.15) is 23.6 Å². The molecule has 12 heteroatoms. The number of hydrogen-bond acceptors (Lipinski definition) is 6. The average molecular weight is 639 g/mol. The van der Waals surface area contributed by atoms with Crippen molar-refractivity contribution in [1.82, 2.24) is 25.9 Å². The molecule has 0 radical (unpaired) electrons. The van der Waals surface area contributed by atoms with Crippen LogP contribution < -0.4 is 21.7 Å². The number of nitrogens with one attached hydrogen (secondary N) is 5. The van der Waals surface area contributed by atoms with E-state index >= 15 is 0 Å². The summed E-state index contributed by atoms with van der Waals surface area (Å²) in [6, 6.07) is 19.0. The number of amides is 3. The fourth-order valence-corrected chi connectivity index (χ4v) is 5.54. The Kier molecular flexibility index (Phi) is 10.3. The number of carboxylic acid groups (broad SMARTS) is 1. The Morgan fingerprint density at radius 2 is 1.11 bits per heavy atom. The summed E-state index contributed by atoms with van der Waals surface area (Å²) < 4.78 is 0. The molecule has 5 unspecified atom stereocenters. The molecule has 0 bridgehead atoms. The van der Waals surface area contributed by atoms with Crippen LogP contribution in [-0.2, 0) is 38.4 Å². The second-order valence-electron chi connectivity index (χ2n) is 11.6. The Labute approximate surface area is 270 Å².